The van der Waals surface area contributed by atoms with Gasteiger partial charge in [0.15, 0.2) is 0 Å². The number of hydrogen-bond acceptors (Lipinski definition) is 3. The third kappa shape index (κ3) is 5.35. The summed E-state index contributed by atoms with van der Waals surface area (Å²) >= 11 is 0. The number of nitrogens with one attached hydrogen (secondary N) is 1. The van der Waals surface area contributed by atoms with Crippen molar-refractivity contribution in [2.75, 3.05) is 11.1 Å². The van der Waals surface area contributed by atoms with Gasteiger partial charge in [0.1, 0.15) is 29.6 Å². The van der Waals surface area contributed by atoms with Crippen LogP contribution in [0.3, 0.4) is 0 Å². The molecule has 1 aromatic rings. The van der Waals surface area contributed by atoms with E-state index in [-0.39, 0.29) is 23.5 Å². The summed E-state index contributed by atoms with van der Waals surface area (Å²) in [5, 5.41) is 2.24. The molecule has 0 aliphatic rings. The Morgan fingerprint density at radius 3 is 2.61 bits per heavy atom. The second kappa shape index (κ2) is 7.70. The Kier molecular flexibility index (Phi) is 6.23. The van der Waals surface area contributed by atoms with Gasteiger partial charge in [-0.25, -0.2) is 9.38 Å². The minimum Gasteiger partial charge on any atom is -0.397 e. The molecule has 0 aromatic heterocycles. The Labute approximate surface area is 130 Å². The maximum atomic E-state index is 13.6. The van der Waals surface area contributed by atoms with Gasteiger partial charge < -0.3 is 11.1 Å². The van der Waals surface area contributed by atoms with Gasteiger partial charge in [-0.2, -0.15) is 13.2 Å². The molecule has 1 rings (SSSR count). The summed E-state index contributed by atoms with van der Waals surface area (Å²) in [4.78, 5) is 18.8. The lowest BCUT2D eigenvalue weighted by molar-refractivity contribution is -0.142. The summed E-state index contributed by atoms with van der Waals surface area (Å²) < 4.78 is 50.5. The van der Waals surface area contributed by atoms with E-state index >= 15 is 0 Å². The second-order valence-electron chi connectivity index (χ2n) is 4.57. The number of rotatable bonds is 5. The van der Waals surface area contributed by atoms with Gasteiger partial charge in [-0.3, -0.25) is 9.79 Å². The number of halogens is 4. The van der Waals surface area contributed by atoms with Gasteiger partial charge in [-0.1, -0.05) is 13.0 Å². The largest absolute Gasteiger partial charge is 0.410 e. The standard InChI is InChI=1S/C14H16F4N4O/c1-3-11(21-7-20-8(2)14(16,17)18)13(23)22-12-9(15)5-4-6-10(12)19/h4-8H,3,19H2,1-2H3,(H,22,23). The number of nitrogens with zero attached hydrogens (tertiary/aromatic N) is 2. The molecular weight excluding hydrogens is 316 g/mol. The Bertz CT molecular complexity index is 605. The maximum Gasteiger partial charge on any atom is 0.410 e. The van der Waals surface area contributed by atoms with Crippen molar-refractivity contribution in [1.29, 1.82) is 0 Å². The lowest BCUT2D eigenvalue weighted by atomic mass is 10.2. The van der Waals surface area contributed by atoms with Crippen molar-refractivity contribution < 1.29 is 22.4 Å². The zero-order valence-corrected chi connectivity index (χ0v) is 12.5. The fourth-order valence-corrected chi connectivity index (χ4v) is 1.46. The first kappa shape index (κ1) is 18.6. The molecule has 1 unspecified atom stereocenters. The smallest absolute Gasteiger partial charge is 0.397 e. The normalized spacial score (nSPS) is 14.1. The highest BCUT2D eigenvalue weighted by atomic mass is 19.4. The number of amides is 1. The van der Waals surface area contributed by atoms with E-state index in [1.54, 1.807) is 6.92 Å². The molecule has 0 fully saturated rings. The van der Waals surface area contributed by atoms with Crippen molar-refractivity contribution in [2.24, 2.45) is 9.98 Å². The molecule has 1 amide bonds. The van der Waals surface area contributed by atoms with Crippen LogP contribution in [0, 0.1) is 5.82 Å². The molecular formula is C14H16F4N4O. The van der Waals surface area contributed by atoms with Gasteiger partial charge >= 0.3 is 6.18 Å². The van der Waals surface area contributed by atoms with Crippen molar-refractivity contribution in [3.63, 3.8) is 0 Å². The Balaban J connectivity index is 2.87. The van der Waals surface area contributed by atoms with Crippen molar-refractivity contribution in [2.45, 2.75) is 32.5 Å². The van der Waals surface area contributed by atoms with Gasteiger partial charge in [0.05, 0.1) is 5.69 Å². The molecule has 1 aromatic carbocycles. The van der Waals surface area contributed by atoms with Crippen LogP contribution in [0.1, 0.15) is 20.3 Å². The number of anilines is 2. The average molecular weight is 332 g/mol. The molecule has 23 heavy (non-hydrogen) atoms. The first-order chi connectivity index (χ1) is 10.7. The van der Waals surface area contributed by atoms with Crippen LogP contribution in [0.25, 0.3) is 0 Å². The third-order valence-electron chi connectivity index (χ3n) is 2.86. The molecule has 0 bridgehead atoms. The monoisotopic (exact) mass is 332 g/mol. The molecule has 3 N–H and O–H groups in total. The van der Waals surface area contributed by atoms with Crippen LogP contribution in [0.4, 0.5) is 28.9 Å². The van der Waals surface area contributed by atoms with E-state index in [9.17, 15) is 22.4 Å². The molecule has 0 saturated carbocycles. The first-order valence-corrected chi connectivity index (χ1v) is 6.67. The lowest BCUT2D eigenvalue weighted by Crippen LogP contribution is -2.25. The number of para-hydroxylation sites is 1. The minimum absolute atomic E-state index is 0.0214. The highest BCUT2D eigenvalue weighted by Crippen LogP contribution is 2.22. The van der Waals surface area contributed by atoms with Gasteiger partial charge in [0.2, 0.25) is 0 Å². The van der Waals surface area contributed by atoms with E-state index < -0.39 is 23.9 Å². The summed E-state index contributed by atoms with van der Waals surface area (Å²) in [7, 11) is 0. The molecule has 126 valence electrons. The summed E-state index contributed by atoms with van der Waals surface area (Å²) in [5.74, 6) is -1.50. The zero-order valence-electron chi connectivity index (χ0n) is 12.5. The van der Waals surface area contributed by atoms with Gasteiger partial charge in [0.25, 0.3) is 5.91 Å². The fraction of sp³-hybridized carbons (Fsp3) is 0.357. The topological polar surface area (TPSA) is 79.8 Å². The minimum atomic E-state index is -4.48. The summed E-state index contributed by atoms with van der Waals surface area (Å²) in [5.41, 5.74) is 5.26. The van der Waals surface area contributed by atoms with E-state index in [0.717, 1.165) is 13.0 Å². The summed E-state index contributed by atoms with van der Waals surface area (Å²) in [6.07, 6.45) is -3.70. The van der Waals surface area contributed by atoms with E-state index in [2.05, 4.69) is 15.3 Å². The number of benzene rings is 1. The second-order valence-corrected chi connectivity index (χ2v) is 4.57. The van der Waals surface area contributed by atoms with Crippen LogP contribution in [0.15, 0.2) is 28.2 Å². The van der Waals surface area contributed by atoms with Crippen LogP contribution in [0.5, 0.6) is 0 Å². The van der Waals surface area contributed by atoms with Crippen molar-refractivity contribution in [3.05, 3.63) is 24.0 Å². The molecule has 5 nitrogen and oxygen atoms in total. The van der Waals surface area contributed by atoms with Crippen LogP contribution in [-0.4, -0.2) is 30.2 Å². The molecule has 0 aliphatic carbocycles. The highest BCUT2D eigenvalue weighted by molar-refractivity contribution is 6.44. The van der Waals surface area contributed by atoms with Gasteiger partial charge in [-0.15, -0.1) is 0 Å². The predicted molar refractivity (Wildman–Crippen MR) is 81.2 cm³/mol. The van der Waals surface area contributed by atoms with E-state index in [4.69, 9.17) is 5.73 Å². The van der Waals surface area contributed by atoms with Crippen molar-refractivity contribution >= 4 is 29.3 Å². The summed E-state index contributed by atoms with van der Waals surface area (Å²) in [6.45, 7) is 2.43. The maximum absolute atomic E-state index is 13.6. The van der Waals surface area contributed by atoms with E-state index in [0.29, 0.717) is 6.34 Å². The number of alkyl halides is 3. The van der Waals surface area contributed by atoms with Gasteiger partial charge in [-0.05, 0) is 25.5 Å². The van der Waals surface area contributed by atoms with E-state index in [1.807, 2.05) is 0 Å². The quantitative estimate of drug-likeness (QED) is 0.376. The Hall–Kier alpha value is -2.45. The Morgan fingerprint density at radius 1 is 1.43 bits per heavy atom. The number of carbonyl (C=O) groups is 1. The molecule has 0 saturated heterocycles. The number of nitrogen functional groups attached to an aromatic ring is 1. The van der Waals surface area contributed by atoms with Crippen LogP contribution in [-0.2, 0) is 4.79 Å². The van der Waals surface area contributed by atoms with E-state index in [1.165, 1.54) is 12.1 Å². The first-order valence-electron chi connectivity index (χ1n) is 6.67. The zero-order chi connectivity index (χ0) is 17.6. The molecule has 0 radical (unpaired) electrons. The van der Waals surface area contributed by atoms with Crippen LogP contribution >= 0.6 is 0 Å². The van der Waals surface area contributed by atoms with Crippen LogP contribution < -0.4 is 11.1 Å². The Morgan fingerprint density at radius 2 is 2.09 bits per heavy atom. The lowest BCUT2D eigenvalue weighted by Gasteiger charge is -2.10. The number of hydrogen-bond donors (Lipinski definition) is 2. The molecule has 0 spiro atoms. The van der Waals surface area contributed by atoms with Crippen LogP contribution in [0.2, 0.25) is 0 Å². The molecule has 9 heteroatoms. The number of nitrogens with two attached hydrogens (primary N) is 1. The van der Waals surface area contributed by atoms with Crippen molar-refractivity contribution in [3.8, 4) is 0 Å². The SMILES string of the molecule is CCC(=NC=NC(C)C(F)(F)F)C(=O)Nc1c(N)cccc1F. The van der Waals surface area contributed by atoms with Gasteiger partial charge in [0, 0.05) is 0 Å². The molecule has 1 atom stereocenters. The number of carbonyl (C=O) groups excluding carboxylic acids is 1. The fourth-order valence-electron chi connectivity index (χ4n) is 1.46. The third-order valence-corrected chi connectivity index (χ3v) is 2.86. The average Bonchev–Trinajstić information content (AvgIpc) is 2.46. The predicted octanol–water partition coefficient (Wildman–Crippen LogP) is 3.18. The highest BCUT2D eigenvalue weighted by Gasteiger charge is 2.35. The van der Waals surface area contributed by atoms with Crippen molar-refractivity contribution in [1.82, 2.24) is 0 Å². The molecule has 0 heterocycles. The number of aliphatic imine (C=N–C) groups is 2. The summed E-state index contributed by atoms with van der Waals surface area (Å²) in [6, 6.07) is 1.95. The molecule has 0 aliphatic heterocycles.